The zero-order valence-corrected chi connectivity index (χ0v) is 26.6. The molecule has 2 aliphatic rings. The number of aryl methyl sites for hydroxylation is 3. The number of anilines is 3. The van der Waals surface area contributed by atoms with E-state index in [1.807, 2.05) is 0 Å². The molecule has 1 nitrogen and oxygen atoms in total. The van der Waals surface area contributed by atoms with Gasteiger partial charge >= 0.3 is 0 Å². The van der Waals surface area contributed by atoms with Crippen molar-refractivity contribution in [2.24, 2.45) is 0 Å². The maximum absolute atomic E-state index is 3.88. The molecule has 0 radical (unpaired) electrons. The Kier molecular flexibility index (Phi) is 5.73. The molecular formula is C39H36BrN. The summed E-state index contributed by atoms with van der Waals surface area (Å²) < 4.78 is 1.08. The summed E-state index contributed by atoms with van der Waals surface area (Å²) in [5, 5.41) is 0. The summed E-state index contributed by atoms with van der Waals surface area (Å²) in [5.41, 5.74) is 18.5. The number of para-hydroxylation sites is 1. The van der Waals surface area contributed by atoms with Crippen LogP contribution in [0.4, 0.5) is 17.1 Å². The van der Waals surface area contributed by atoms with E-state index < -0.39 is 0 Å². The van der Waals surface area contributed by atoms with Crippen LogP contribution in [-0.2, 0) is 10.8 Å². The second-order valence-corrected chi connectivity index (χ2v) is 13.9. The normalized spacial score (nSPS) is 15.2. The number of hydrogen-bond donors (Lipinski definition) is 0. The number of rotatable bonds is 3. The maximum atomic E-state index is 3.88. The standard InChI is InChI=1S/C39H36BrN/c1-23-18-24(2)37(25(3)19-23)41(36-15-11-10-14-35(36)40)26-16-17-28-30-22-33-29(21-34(30)39(6,7)32(28)20-26)27-12-8-9-13-31(27)38(33,4)5/h8-22H,1-7H3. The van der Waals surface area contributed by atoms with Gasteiger partial charge in [0.25, 0.3) is 0 Å². The third kappa shape index (κ3) is 3.73. The lowest BCUT2D eigenvalue weighted by Gasteiger charge is -2.31. The van der Waals surface area contributed by atoms with Crippen LogP contribution in [0, 0.1) is 20.8 Å². The van der Waals surface area contributed by atoms with E-state index in [-0.39, 0.29) is 10.8 Å². The van der Waals surface area contributed by atoms with Crippen LogP contribution >= 0.6 is 15.9 Å². The molecule has 0 saturated carbocycles. The van der Waals surface area contributed by atoms with Crippen molar-refractivity contribution in [1.82, 2.24) is 0 Å². The van der Waals surface area contributed by atoms with Crippen molar-refractivity contribution in [3.8, 4) is 22.3 Å². The Labute approximate surface area is 253 Å². The Morgan fingerprint density at radius 1 is 0.537 bits per heavy atom. The molecule has 0 bridgehead atoms. The maximum Gasteiger partial charge on any atom is 0.0603 e. The SMILES string of the molecule is Cc1cc(C)c(N(c2ccc3c(c2)C(C)(C)c2cc4c(cc2-3)C(C)(C)c2ccccc2-4)c2ccccc2Br)c(C)c1. The lowest BCUT2D eigenvalue weighted by molar-refractivity contribution is 0.652. The summed E-state index contributed by atoms with van der Waals surface area (Å²) >= 11 is 3.88. The Bertz CT molecular complexity index is 1870. The average molecular weight is 599 g/mol. The van der Waals surface area contributed by atoms with E-state index in [2.05, 4.69) is 160 Å². The lowest BCUT2D eigenvalue weighted by Crippen LogP contribution is -2.18. The quantitative estimate of drug-likeness (QED) is 0.200. The van der Waals surface area contributed by atoms with Crippen molar-refractivity contribution in [2.45, 2.75) is 59.3 Å². The second kappa shape index (κ2) is 8.94. The Balaban J connectivity index is 1.44. The van der Waals surface area contributed by atoms with Gasteiger partial charge in [-0.05, 0) is 129 Å². The van der Waals surface area contributed by atoms with E-state index in [9.17, 15) is 0 Å². The molecule has 0 aliphatic heterocycles. The van der Waals surface area contributed by atoms with Gasteiger partial charge in [-0.25, -0.2) is 0 Å². The molecule has 5 aromatic rings. The zero-order valence-electron chi connectivity index (χ0n) is 25.0. The topological polar surface area (TPSA) is 3.24 Å². The van der Waals surface area contributed by atoms with Crippen molar-refractivity contribution in [1.29, 1.82) is 0 Å². The molecular weight excluding hydrogens is 562 g/mol. The minimum Gasteiger partial charge on any atom is -0.309 e. The predicted octanol–water partition coefficient (Wildman–Crippen LogP) is 11.5. The molecule has 0 atom stereocenters. The van der Waals surface area contributed by atoms with Crippen molar-refractivity contribution in [3.05, 3.63) is 134 Å². The first-order valence-corrected chi connectivity index (χ1v) is 15.4. The summed E-state index contributed by atoms with van der Waals surface area (Å²) in [5.74, 6) is 0. The molecule has 0 fully saturated rings. The summed E-state index contributed by atoms with van der Waals surface area (Å²) in [6.45, 7) is 16.2. The van der Waals surface area contributed by atoms with E-state index in [0.29, 0.717) is 0 Å². The van der Waals surface area contributed by atoms with E-state index in [1.165, 1.54) is 72.6 Å². The molecule has 7 rings (SSSR count). The summed E-state index contributed by atoms with van der Waals surface area (Å²) in [7, 11) is 0. The highest BCUT2D eigenvalue weighted by Crippen LogP contribution is 2.57. The van der Waals surface area contributed by atoms with E-state index in [0.717, 1.165) is 10.2 Å². The molecule has 0 aromatic heterocycles. The molecule has 0 saturated heterocycles. The molecule has 0 N–H and O–H groups in total. The van der Waals surface area contributed by atoms with Gasteiger partial charge < -0.3 is 4.90 Å². The van der Waals surface area contributed by atoms with Crippen LogP contribution < -0.4 is 4.90 Å². The van der Waals surface area contributed by atoms with Gasteiger partial charge in [0.1, 0.15) is 0 Å². The molecule has 2 aliphatic carbocycles. The minimum atomic E-state index is -0.117. The number of halogens is 1. The number of nitrogens with zero attached hydrogens (tertiary/aromatic N) is 1. The van der Waals surface area contributed by atoms with Gasteiger partial charge in [-0.2, -0.15) is 0 Å². The number of fused-ring (bicyclic) bond motifs is 6. The molecule has 0 amide bonds. The lowest BCUT2D eigenvalue weighted by atomic mass is 9.79. The Morgan fingerprint density at radius 3 is 1.73 bits per heavy atom. The van der Waals surface area contributed by atoms with Crippen molar-refractivity contribution in [3.63, 3.8) is 0 Å². The van der Waals surface area contributed by atoms with Crippen molar-refractivity contribution >= 4 is 33.0 Å². The largest absolute Gasteiger partial charge is 0.309 e. The fraction of sp³-hybridized carbons (Fsp3) is 0.231. The Hall–Kier alpha value is -3.62. The highest BCUT2D eigenvalue weighted by molar-refractivity contribution is 9.10. The molecule has 0 heterocycles. The van der Waals surface area contributed by atoms with Crippen molar-refractivity contribution in [2.75, 3.05) is 4.90 Å². The van der Waals surface area contributed by atoms with E-state index in [1.54, 1.807) is 0 Å². The van der Waals surface area contributed by atoms with E-state index in [4.69, 9.17) is 0 Å². The van der Waals surface area contributed by atoms with Crippen LogP contribution in [-0.4, -0.2) is 0 Å². The predicted molar refractivity (Wildman–Crippen MR) is 178 cm³/mol. The smallest absolute Gasteiger partial charge is 0.0603 e. The highest BCUT2D eigenvalue weighted by atomic mass is 79.9. The Morgan fingerprint density at radius 2 is 1.07 bits per heavy atom. The van der Waals surface area contributed by atoms with Crippen LogP contribution in [0.25, 0.3) is 22.3 Å². The number of benzene rings is 5. The summed E-state index contributed by atoms with van der Waals surface area (Å²) in [6.07, 6.45) is 0. The zero-order chi connectivity index (χ0) is 28.8. The van der Waals surface area contributed by atoms with Gasteiger partial charge in [0.05, 0.1) is 11.4 Å². The first-order valence-electron chi connectivity index (χ1n) is 14.6. The van der Waals surface area contributed by atoms with Gasteiger partial charge in [0.15, 0.2) is 0 Å². The van der Waals surface area contributed by atoms with Crippen LogP contribution in [0.2, 0.25) is 0 Å². The summed E-state index contributed by atoms with van der Waals surface area (Å²) in [6, 6.07) is 34.2. The summed E-state index contributed by atoms with van der Waals surface area (Å²) in [4.78, 5) is 2.44. The van der Waals surface area contributed by atoms with Crippen LogP contribution in [0.3, 0.4) is 0 Å². The monoisotopic (exact) mass is 597 g/mol. The van der Waals surface area contributed by atoms with Crippen LogP contribution in [0.5, 0.6) is 0 Å². The molecule has 41 heavy (non-hydrogen) atoms. The third-order valence-corrected chi connectivity index (χ3v) is 10.2. The van der Waals surface area contributed by atoms with Crippen LogP contribution in [0.1, 0.15) is 66.6 Å². The first-order chi connectivity index (χ1) is 19.5. The number of hydrogen-bond acceptors (Lipinski definition) is 1. The first kappa shape index (κ1) is 26.3. The second-order valence-electron chi connectivity index (χ2n) is 13.0. The third-order valence-electron chi connectivity index (χ3n) is 9.57. The van der Waals surface area contributed by atoms with Crippen LogP contribution in [0.15, 0.2) is 95.5 Å². The van der Waals surface area contributed by atoms with Crippen molar-refractivity contribution < 1.29 is 0 Å². The van der Waals surface area contributed by atoms with Gasteiger partial charge in [0, 0.05) is 21.0 Å². The molecule has 0 spiro atoms. The van der Waals surface area contributed by atoms with E-state index >= 15 is 0 Å². The fourth-order valence-corrected chi connectivity index (χ4v) is 8.06. The highest BCUT2D eigenvalue weighted by Gasteiger charge is 2.41. The molecule has 5 aromatic carbocycles. The van der Waals surface area contributed by atoms with Gasteiger partial charge in [-0.15, -0.1) is 0 Å². The van der Waals surface area contributed by atoms with Gasteiger partial charge in [0.2, 0.25) is 0 Å². The molecule has 2 heteroatoms. The molecule has 0 unspecified atom stereocenters. The molecule has 204 valence electrons. The van der Waals surface area contributed by atoms with Gasteiger partial charge in [-0.1, -0.05) is 87.9 Å². The fourth-order valence-electron chi connectivity index (χ4n) is 7.60. The minimum absolute atomic E-state index is 0.00925. The van der Waals surface area contributed by atoms with Gasteiger partial charge in [-0.3, -0.25) is 0 Å². The average Bonchev–Trinajstić information content (AvgIpc) is 3.29.